The Kier molecular flexibility index (Phi) is 5.87. The molecular weight excluding hydrogens is 355 g/mol. The molecule has 148 valence electrons. The van der Waals surface area contributed by atoms with Gasteiger partial charge in [-0.2, -0.15) is 0 Å². The maximum Gasteiger partial charge on any atom is -0.00941 e. The van der Waals surface area contributed by atoms with Gasteiger partial charge in [0.25, 0.3) is 0 Å². The molecule has 3 fully saturated rings. The highest BCUT2D eigenvalue weighted by atomic mass is 31.1. The topological polar surface area (TPSA) is 0 Å². The third-order valence-corrected chi connectivity index (χ3v) is 12.1. The van der Waals surface area contributed by atoms with E-state index in [-0.39, 0.29) is 7.92 Å². The van der Waals surface area contributed by atoms with Crippen LogP contribution in [-0.2, 0) is 0 Å². The van der Waals surface area contributed by atoms with E-state index in [1.165, 1.54) is 64.2 Å². The first-order valence-electron chi connectivity index (χ1n) is 11.8. The first kappa shape index (κ1) is 18.9. The fourth-order valence-corrected chi connectivity index (χ4v) is 11.7. The van der Waals surface area contributed by atoms with Crippen LogP contribution in [0, 0.1) is 0 Å². The number of hydrogen-bond acceptors (Lipinski definition) is 0. The molecule has 2 aromatic carbocycles. The molecule has 3 aliphatic carbocycles. The summed E-state index contributed by atoms with van der Waals surface area (Å²) in [6.45, 7) is 0. The molecular formula is C27H35P. The first-order chi connectivity index (χ1) is 13.9. The van der Waals surface area contributed by atoms with E-state index in [2.05, 4.69) is 60.7 Å². The molecule has 0 N–H and O–H groups in total. The number of rotatable bonds is 5. The largest absolute Gasteiger partial charge is 0.0959 e. The normalized spacial score (nSPS) is 32.0. The fraction of sp³-hybridized carbons (Fsp3) is 0.556. The summed E-state index contributed by atoms with van der Waals surface area (Å²) in [6.07, 6.45) is 14.8. The van der Waals surface area contributed by atoms with Gasteiger partial charge in [0.1, 0.15) is 0 Å². The lowest BCUT2D eigenvalue weighted by atomic mass is 9.97. The minimum absolute atomic E-state index is 0.110. The van der Waals surface area contributed by atoms with Gasteiger partial charge in [-0.15, -0.1) is 0 Å². The second-order valence-corrected chi connectivity index (χ2v) is 12.4. The van der Waals surface area contributed by atoms with Crippen molar-refractivity contribution < 1.29 is 0 Å². The van der Waals surface area contributed by atoms with Gasteiger partial charge < -0.3 is 0 Å². The van der Waals surface area contributed by atoms with Crippen LogP contribution in [0.2, 0.25) is 0 Å². The Labute approximate surface area is 172 Å². The van der Waals surface area contributed by atoms with Gasteiger partial charge >= 0.3 is 0 Å². The molecule has 0 bridgehead atoms. The molecule has 0 aromatic heterocycles. The molecule has 0 saturated heterocycles. The zero-order valence-electron chi connectivity index (χ0n) is 17.2. The lowest BCUT2D eigenvalue weighted by Crippen LogP contribution is -2.26. The quantitative estimate of drug-likeness (QED) is 0.453. The molecule has 5 rings (SSSR count). The SMILES string of the molecule is c1ccc(C2CCCC2P(C2CCCC2)C2CCCC2c2ccccc2)cc1. The Hall–Kier alpha value is -1.13. The van der Waals surface area contributed by atoms with E-state index in [0.29, 0.717) is 0 Å². The molecule has 4 unspecified atom stereocenters. The van der Waals surface area contributed by atoms with Crippen LogP contribution in [0.15, 0.2) is 60.7 Å². The van der Waals surface area contributed by atoms with E-state index < -0.39 is 0 Å². The van der Waals surface area contributed by atoms with Crippen molar-refractivity contribution in [2.24, 2.45) is 0 Å². The molecule has 1 heteroatoms. The molecule has 0 aliphatic heterocycles. The summed E-state index contributed by atoms with van der Waals surface area (Å²) in [7, 11) is 0.110. The Morgan fingerprint density at radius 1 is 0.500 bits per heavy atom. The van der Waals surface area contributed by atoms with Gasteiger partial charge in [-0.25, -0.2) is 0 Å². The van der Waals surface area contributed by atoms with E-state index in [0.717, 1.165) is 28.8 Å². The van der Waals surface area contributed by atoms with Gasteiger partial charge in [0.2, 0.25) is 0 Å². The highest BCUT2D eigenvalue weighted by molar-refractivity contribution is 7.60. The minimum Gasteiger partial charge on any atom is -0.0959 e. The Morgan fingerprint density at radius 3 is 1.43 bits per heavy atom. The molecule has 0 amide bonds. The van der Waals surface area contributed by atoms with E-state index in [1.54, 1.807) is 11.1 Å². The zero-order chi connectivity index (χ0) is 18.8. The van der Waals surface area contributed by atoms with Crippen LogP contribution in [-0.4, -0.2) is 17.0 Å². The van der Waals surface area contributed by atoms with E-state index >= 15 is 0 Å². The average molecular weight is 391 g/mol. The lowest BCUT2D eigenvalue weighted by molar-refractivity contribution is 0.676. The van der Waals surface area contributed by atoms with Gasteiger partial charge in [0.05, 0.1) is 0 Å². The van der Waals surface area contributed by atoms with E-state index in [1.807, 2.05) is 0 Å². The zero-order valence-corrected chi connectivity index (χ0v) is 18.1. The Morgan fingerprint density at radius 2 is 0.964 bits per heavy atom. The lowest BCUT2D eigenvalue weighted by Gasteiger charge is -2.41. The second kappa shape index (κ2) is 8.71. The molecule has 3 saturated carbocycles. The van der Waals surface area contributed by atoms with Crippen LogP contribution < -0.4 is 0 Å². The third kappa shape index (κ3) is 3.70. The smallest absolute Gasteiger partial charge is 0.00941 e. The van der Waals surface area contributed by atoms with Crippen molar-refractivity contribution in [1.29, 1.82) is 0 Å². The highest BCUT2D eigenvalue weighted by Crippen LogP contribution is 2.68. The Balaban J connectivity index is 1.48. The van der Waals surface area contributed by atoms with Gasteiger partial charge in [0.15, 0.2) is 0 Å². The van der Waals surface area contributed by atoms with Crippen LogP contribution in [0.25, 0.3) is 0 Å². The molecule has 0 radical (unpaired) electrons. The van der Waals surface area contributed by atoms with Crippen LogP contribution in [0.3, 0.4) is 0 Å². The predicted molar refractivity (Wildman–Crippen MR) is 123 cm³/mol. The summed E-state index contributed by atoms with van der Waals surface area (Å²) in [5.74, 6) is 1.68. The number of benzene rings is 2. The predicted octanol–water partition coefficient (Wildman–Crippen LogP) is 8.08. The summed E-state index contributed by atoms with van der Waals surface area (Å²) in [5.41, 5.74) is 6.30. The maximum atomic E-state index is 2.43. The van der Waals surface area contributed by atoms with Crippen molar-refractivity contribution in [2.75, 3.05) is 0 Å². The molecule has 4 atom stereocenters. The molecule has 0 heterocycles. The highest BCUT2D eigenvalue weighted by Gasteiger charge is 2.46. The van der Waals surface area contributed by atoms with Crippen molar-refractivity contribution in [3.63, 3.8) is 0 Å². The van der Waals surface area contributed by atoms with Gasteiger partial charge in [-0.1, -0.05) is 94.3 Å². The molecule has 0 spiro atoms. The molecule has 28 heavy (non-hydrogen) atoms. The molecule has 3 aliphatic rings. The van der Waals surface area contributed by atoms with Gasteiger partial charge in [0, 0.05) is 0 Å². The standard InChI is InChI=1S/C27H35P/c1-3-11-21(12-4-1)24-17-9-19-26(24)28(23-15-7-8-16-23)27-20-10-18-25(27)22-13-5-2-6-14-22/h1-6,11-14,23-27H,7-10,15-20H2. The molecule has 0 nitrogen and oxygen atoms in total. The summed E-state index contributed by atoms with van der Waals surface area (Å²) in [5, 5.41) is 0. The van der Waals surface area contributed by atoms with Crippen molar-refractivity contribution in [3.8, 4) is 0 Å². The van der Waals surface area contributed by atoms with Crippen LogP contribution in [0.5, 0.6) is 0 Å². The summed E-state index contributed by atoms with van der Waals surface area (Å²) < 4.78 is 0. The Bertz CT molecular complexity index is 676. The van der Waals surface area contributed by atoms with Crippen molar-refractivity contribution in [1.82, 2.24) is 0 Å². The van der Waals surface area contributed by atoms with E-state index in [4.69, 9.17) is 0 Å². The monoisotopic (exact) mass is 390 g/mol. The van der Waals surface area contributed by atoms with Gasteiger partial charge in [-0.05, 0) is 78.5 Å². The van der Waals surface area contributed by atoms with Gasteiger partial charge in [-0.3, -0.25) is 0 Å². The summed E-state index contributed by atoms with van der Waals surface area (Å²) in [4.78, 5) is 0. The number of hydrogen-bond donors (Lipinski definition) is 0. The molecule has 2 aromatic rings. The first-order valence-corrected chi connectivity index (χ1v) is 13.3. The summed E-state index contributed by atoms with van der Waals surface area (Å²) >= 11 is 0. The van der Waals surface area contributed by atoms with E-state index in [9.17, 15) is 0 Å². The average Bonchev–Trinajstić information content (AvgIpc) is 3.53. The maximum absolute atomic E-state index is 2.43. The van der Waals surface area contributed by atoms with Crippen molar-refractivity contribution in [2.45, 2.75) is 93.0 Å². The summed E-state index contributed by atoms with van der Waals surface area (Å²) in [6, 6.07) is 23.2. The van der Waals surface area contributed by atoms with Crippen LogP contribution in [0.1, 0.15) is 87.2 Å². The third-order valence-electron chi connectivity index (χ3n) is 7.93. The minimum atomic E-state index is 0.110. The fourth-order valence-electron chi connectivity index (χ4n) is 6.76. The van der Waals surface area contributed by atoms with Crippen LogP contribution >= 0.6 is 7.92 Å². The van der Waals surface area contributed by atoms with Crippen LogP contribution in [0.4, 0.5) is 0 Å². The second-order valence-electron chi connectivity index (χ2n) is 9.42. The van der Waals surface area contributed by atoms with Crippen molar-refractivity contribution in [3.05, 3.63) is 71.8 Å². The van der Waals surface area contributed by atoms with Crippen molar-refractivity contribution >= 4 is 7.92 Å².